The van der Waals surface area contributed by atoms with Crippen molar-refractivity contribution in [2.75, 3.05) is 20.6 Å². The van der Waals surface area contributed by atoms with Crippen LogP contribution in [0.5, 0.6) is 0 Å². The number of quaternary nitrogens is 1. The minimum atomic E-state index is -0.440. The highest BCUT2D eigenvalue weighted by Crippen LogP contribution is 1.92. The van der Waals surface area contributed by atoms with Gasteiger partial charge >= 0.3 is 0 Å². The van der Waals surface area contributed by atoms with Crippen LogP contribution in [0.3, 0.4) is 0 Å². The van der Waals surface area contributed by atoms with Crippen molar-refractivity contribution >= 4 is 0 Å². The van der Waals surface area contributed by atoms with Crippen molar-refractivity contribution in [3.8, 4) is 0 Å². The summed E-state index contributed by atoms with van der Waals surface area (Å²) in [6.45, 7) is 2.76. The lowest BCUT2D eigenvalue weighted by molar-refractivity contribution is -0.985. The van der Waals surface area contributed by atoms with Crippen LogP contribution in [-0.4, -0.2) is 37.9 Å². The topological polar surface area (TPSA) is 30.7 Å². The summed E-state index contributed by atoms with van der Waals surface area (Å²) in [5.41, 5.74) is 0. The second-order valence-electron chi connectivity index (χ2n) is 2.85. The third-order valence-corrected chi connectivity index (χ3v) is 2.28. The molecule has 1 saturated heterocycles. The molecule has 54 valence electrons. The van der Waals surface area contributed by atoms with Crippen molar-refractivity contribution in [2.24, 2.45) is 0 Å². The van der Waals surface area contributed by atoms with Gasteiger partial charge in [-0.3, -0.25) is 4.90 Å². The zero-order chi connectivity index (χ0) is 7.02. The van der Waals surface area contributed by atoms with E-state index in [9.17, 15) is 5.11 Å². The molecule has 0 aliphatic carbocycles. The normalized spacial score (nSPS) is 46.0. The number of nitrogens with one attached hydrogen (secondary N) is 1. The molecule has 0 amide bonds. The maximum atomic E-state index is 11.0. The second kappa shape index (κ2) is 2.25. The Morgan fingerprint density at radius 2 is 2.22 bits per heavy atom. The Labute approximate surface area is 55.9 Å². The van der Waals surface area contributed by atoms with Crippen LogP contribution in [0.2, 0.25) is 0 Å². The zero-order valence-electron chi connectivity index (χ0n) is 6.22. The van der Waals surface area contributed by atoms with Gasteiger partial charge in [0, 0.05) is 19.7 Å². The van der Waals surface area contributed by atoms with E-state index in [4.69, 9.17) is 0 Å². The summed E-state index contributed by atoms with van der Waals surface area (Å²) in [5, 5.41) is 11.0. The molecule has 1 heterocycles. The largest absolute Gasteiger partial charge is 0.805 e. The van der Waals surface area contributed by atoms with E-state index >= 15 is 0 Å². The fourth-order valence-electron chi connectivity index (χ4n) is 1.18. The van der Waals surface area contributed by atoms with Crippen molar-refractivity contribution in [3.05, 3.63) is 0 Å². The highest BCUT2D eigenvalue weighted by atomic mass is 16.3. The maximum Gasteiger partial charge on any atom is 0.139 e. The van der Waals surface area contributed by atoms with Crippen LogP contribution >= 0.6 is 0 Å². The molecular weight excluding hydrogens is 116 g/mol. The van der Waals surface area contributed by atoms with Gasteiger partial charge in [0.1, 0.15) is 6.17 Å². The van der Waals surface area contributed by atoms with Gasteiger partial charge in [-0.25, -0.2) is 0 Å². The molecule has 0 aromatic carbocycles. The molecule has 0 spiro atoms. The summed E-state index contributed by atoms with van der Waals surface area (Å²) in [4.78, 5) is 3.17. The van der Waals surface area contributed by atoms with Crippen molar-refractivity contribution < 1.29 is 10.0 Å². The molecule has 1 aliphatic heterocycles. The molecule has 0 aromatic rings. The second-order valence-corrected chi connectivity index (χ2v) is 2.85. The van der Waals surface area contributed by atoms with E-state index in [0.717, 1.165) is 4.90 Å². The summed E-state index contributed by atoms with van der Waals surface area (Å²) in [6, 6.07) is 0. The van der Waals surface area contributed by atoms with Crippen molar-refractivity contribution in [3.63, 3.8) is 0 Å². The van der Waals surface area contributed by atoms with E-state index in [2.05, 4.69) is 11.8 Å². The predicted molar refractivity (Wildman–Crippen MR) is 32.8 cm³/mol. The summed E-state index contributed by atoms with van der Waals surface area (Å²) in [7, 11) is 3.94. The number of rotatable bonds is 0. The van der Waals surface area contributed by atoms with E-state index in [-0.39, 0.29) is 0 Å². The molecule has 1 fully saturated rings. The van der Waals surface area contributed by atoms with Gasteiger partial charge in [-0.05, 0) is 7.05 Å². The Bertz CT molecular complexity index is 95.2. The van der Waals surface area contributed by atoms with Gasteiger partial charge in [-0.1, -0.05) is 0 Å². The third kappa shape index (κ3) is 1.08. The first-order chi connectivity index (χ1) is 4.13. The smallest absolute Gasteiger partial charge is 0.139 e. The first kappa shape index (κ1) is 6.99. The Kier molecular flexibility index (Phi) is 1.75. The molecule has 3 heteroatoms. The van der Waals surface area contributed by atoms with Gasteiger partial charge in [0.05, 0.1) is 7.05 Å². The molecule has 0 aromatic heterocycles. The minimum Gasteiger partial charge on any atom is -0.805 e. The average Bonchev–Trinajstić information content (AvgIpc) is 1.98. The number of hydrogen-bond donors (Lipinski definition) is 1. The molecule has 3 nitrogen and oxygen atoms in total. The van der Waals surface area contributed by atoms with Gasteiger partial charge in [0.25, 0.3) is 0 Å². The molecule has 1 N–H and O–H groups in total. The Morgan fingerprint density at radius 1 is 1.67 bits per heavy atom. The van der Waals surface area contributed by atoms with E-state index in [1.54, 1.807) is 0 Å². The van der Waals surface area contributed by atoms with Gasteiger partial charge in [0.15, 0.2) is 0 Å². The third-order valence-electron chi connectivity index (χ3n) is 2.28. The first-order valence-corrected chi connectivity index (χ1v) is 3.32. The average molecular weight is 130 g/mol. The predicted octanol–water partition coefficient (Wildman–Crippen LogP) is -2.52. The summed E-state index contributed by atoms with van der Waals surface area (Å²) in [5.74, 6) is 0. The lowest BCUT2D eigenvalue weighted by Gasteiger charge is -2.23. The Morgan fingerprint density at radius 3 is 2.33 bits per heavy atom. The van der Waals surface area contributed by atoms with Crippen LogP contribution in [0.1, 0.15) is 6.92 Å². The molecule has 0 saturated carbocycles. The van der Waals surface area contributed by atoms with Crippen LogP contribution in [0.4, 0.5) is 0 Å². The van der Waals surface area contributed by atoms with E-state index < -0.39 is 6.23 Å². The van der Waals surface area contributed by atoms with Crippen molar-refractivity contribution in [1.82, 2.24) is 4.90 Å². The van der Waals surface area contributed by atoms with Crippen molar-refractivity contribution in [1.29, 1.82) is 0 Å². The molecule has 0 radical (unpaired) electrons. The van der Waals surface area contributed by atoms with E-state index in [1.165, 1.54) is 0 Å². The van der Waals surface area contributed by atoms with Crippen LogP contribution in [0.25, 0.3) is 0 Å². The minimum absolute atomic E-state index is 0.396. The highest BCUT2D eigenvalue weighted by molar-refractivity contribution is 4.58. The molecule has 3 atom stereocenters. The van der Waals surface area contributed by atoms with Crippen molar-refractivity contribution in [2.45, 2.75) is 19.3 Å². The van der Waals surface area contributed by atoms with Crippen LogP contribution in [-0.2, 0) is 0 Å². The molecule has 1 rings (SSSR count). The van der Waals surface area contributed by atoms with Crippen LogP contribution < -0.4 is 10.0 Å². The number of likely N-dealkylation sites (N-methyl/N-ethyl adjacent to an activating group) is 2. The maximum absolute atomic E-state index is 11.0. The number of hydrogen-bond acceptors (Lipinski definition) is 2. The molecule has 1 aliphatic rings. The number of nitrogens with zero attached hydrogens (tertiary/aromatic N) is 1. The Hall–Kier alpha value is -0.120. The highest BCUT2D eigenvalue weighted by Gasteiger charge is 2.28. The van der Waals surface area contributed by atoms with E-state index in [1.807, 2.05) is 14.1 Å². The van der Waals surface area contributed by atoms with E-state index in [0.29, 0.717) is 12.7 Å². The van der Waals surface area contributed by atoms with Crippen LogP contribution in [0, 0.1) is 0 Å². The van der Waals surface area contributed by atoms with Gasteiger partial charge in [-0.15, -0.1) is 0 Å². The fraction of sp³-hybridized carbons (Fsp3) is 1.00. The fourth-order valence-corrected chi connectivity index (χ4v) is 1.18. The SMILES string of the molecule is CC1N(C)CC([O-])[NH+]1C. The lowest BCUT2D eigenvalue weighted by Crippen LogP contribution is -3.16. The van der Waals surface area contributed by atoms with Gasteiger partial charge in [-0.2, -0.15) is 0 Å². The molecule has 9 heavy (non-hydrogen) atoms. The summed E-state index contributed by atoms with van der Waals surface area (Å²) < 4.78 is 0. The van der Waals surface area contributed by atoms with Gasteiger partial charge < -0.3 is 10.0 Å². The van der Waals surface area contributed by atoms with Gasteiger partial charge in [0.2, 0.25) is 0 Å². The Balaban J connectivity index is 2.54. The summed E-state index contributed by atoms with van der Waals surface area (Å²) in [6.07, 6.45) is -0.0440. The molecule has 0 bridgehead atoms. The monoisotopic (exact) mass is 130 g/mol. The standard InChI is InChI=1S/C6H13N2O/c1-5-7(2)4-6(9)8(5)3/h5-6H,4H2,1-3H3/q-1/p+1. The zero-order valence-corrected chi connectivity index (χ0v) is 6.22. The first-order valence-electron chi connectivity index (χ1n) is 3.32. The van der Waals surface area contributed by atoms with Crippen LogP contribution in [0.15, 0.2) is 0 Å². The lowest BCUT2D eigenvalue weighted by atomic mass is 10.5. The summed E-state index contributed by atoms with van der Waals surface area (Å²) >= 11 is 0. The quantitative estimate of drug-likeness (QED) is 0.392. The molecular formula is C6H14N2O. The molecule has 3 unspecified atom stereocenters.